The van der Waals surface area contributed by atoms with Crippen molar-refractivity contribution < 1.29 is 41.7 Å². The summed E-state index contributed by atoms with van der Waals surface area (Å²) < 4.78 is 67.2. The van der Waals surface area contributed by atoms with E-state index in [0.717, 1.165) is 12.8 Å². The predicted molar refractivity (Wildman–Crippen MR) is 157 cm³/mol. The largest absolute Gasteiger partial charge is 0.464 e. The highest BCUT2D eigenvalue weighted by atomic mass is 31.2. The van der Waals surface area contributed by atoms with Gasteiger partial charge in [0.15, 0.2) is 11.6 Å². The SMILES string of the molecule is CCC(CC)COC(=O)[C@H](C)NP(=O)(Oc1ccccc1)O[C@@]1(CF)O[C@@H](c2ccc3c(N)ncnn23)[C@@H]2OC(C)(C)O[C@@H]21. The molecule has 3 aromatic rings. The number of para-hydroxylation sites is 1. The van der Waals surface area contributed by atoms with Crippen molar-refractivity contribution in [2.45, 2.75) is 83.4 Å². The van der Waals surface area contributed by atoms with Crippen LogP contribution in [0.5, 0.6) is 5.75 Å². The van der Waals surface area contributed by atoms with Gasteiger partial charge in [-0.1, -0.05) is 44.9 Å². The maximum atomic E-state index is 15.4. The zero-order chi connectivity index (χ0) is 31.7. The second-order valence-corrected chi connectivity index (χ2v) is 13.0. The smallest absolute Gasteiger partial charge is 0.462 e. The Balaban J connectivity index is 1.48. The molecule has 0 saturated carbocycles. The van der Waals surface area contributed by atoms with Gasteiger partial charge in [0.25, 0.3) is 0 Å². The molecule has 0 spiro atoms. The Bertz CT molecular complexity index is 1510. The van der Waals surface area contributed by atoms with Gasteiger partial charge in [0.05, 0.1) is 12.3 Å². The van der Waals surface area contributed by atoms with Crippen LogP contribution in [0.1, 0.15) is 59.3 Å². The van der Waals surface area contributed by atoms with Crippen molar-refractivity contribution in [2.75, 3.05) is 19.0 Å². The van der Waals surface area contributed by atoms with Gasteiger partial charge in [-0.15, -0.1) is 0 Å². The molecule has 3 N–H and O–H groups in total. The molecule has 0 amide bonds. The fraction of sp³-hybridized carbons (Fsp3) is 0.552. The van der Waals surface area contributed by atoms with Crippen molar-refractivity contribution in [3.63, 3.8) is 0 Å². The molecule has 13 nitrogen and oxygen atoms in total. The minimum absolute atomic E-state index is 0.148. The molecular formula is C29H39FN5O8P. The van der Waals surface area contributed by atoms with Gasteiger partial charge in [-0.2, -0.15) is 10.2 Å². The Morgan fingerprint density at radius 2 is 1.89 bits per heavy atom. The first-order valence-electron chi connectivity index (χ1n) is 14.6. The van der Waals surface area contributed by atoms with Gasteiger partial charge in [-0.25, -0.2) is 23.0 Å². The Kier molecular flexibility index (Phi) is 9.31. The number of halogens is 1. The highest BCUT2D eigenvalue weighted by molar-refractivity contribution is 7.52. The summed E-state index contributed by atoms with van der Waals surface area (Å²) in [5, 5.41) is 6.90. The summed E-state index contributed by atoms with van der Waals surface area (Å²) in [5.74, 6) is -3.58. The van der Waals surface area contributed by atoms with E-state index in [-0.39, 0.29) is 24.1 Å². The Morgan fingerprint density at radius 3 is 2.57 bits per heavy atom. The number of carbonyl (C=O) groups is 1. The van der Waals surface area contributed by atoms with Gasteiger partial charge in [-0.05, 0) is 51.0 Å². The van der Waals surface area contributed by atoms with Crippen molar-refractivity contribution in [3.05, 3.63) is 54.5 Å². The molecule has 1 unspecified atom stereocenters. The number of esters is 1. The number of anilines is 1. The summed E-state index contributed by atoms with van der Waals surface area (Å²) in [6, 6.07) is 10.4. The molecule has 2 saturated heterocycles. The second kappa shape index (κ2) is 12.7. The van der Waals surface area contributed by atoms with E-state index in [1.807, 2.05) is 13.8 Å². The molecule has 2 aliphatic heterocycles. The van der Waals surface area contributed by atoms with Crippen LogP contribution < -0.4 is 15.3 Å². The van der Waals surface area contributed by atoms with Gasteiger partial charge >= 0.3 is 13.7 Å². The highest BCUT2D eigenvalue weighted by Gasteiger charge is 2.67. The number of ether oxygens (including phenoxy) is 4. The van der Waals surface area contributed by atoms with Gasteiger partial charge in [0.1, 0.15) is 48.6 Å². The number of nitrogen functional groups attached to an aromatic ring is 1. The number of nitrogens with two attached hydrogens (primary N) is 1. The Labute approximate surface area is 255 Å². The number of fused-ring (bicyclic) bond motifs is 2. The number of rotatable bonds is 13. The third kappa shape index (κ3) is 6.46. The molecule has 0 bridgehead atoms. The van der Waals surface area contributed by atoms with Crippen LogP contribution in [-0.2, 0) is 32.8 Å². The third-order valence-corrected chi connectivity index (χ3v) is 9.45. The molecule has 2 fully saturated rings. The van der Waals surface area contributed by atoms with Crippen molar-refractivity contribution in [1.82, 2.24) is 19.7 Å². The van der Waals surface area contributed by atoms with E-state index in [4.69, 9.17) is 33.7 Å². The first-order chi connectivity index (χ1) is 20.9. The summed E-state index contributed by atoms with van der Waals surface area (Å²) >= 11 is 0. The molecule has 1 aromatic carbocycles. The molecule has 2 aliphatic rings. The van der Waals surface area contributed by atoms with Crippen LogP contribution in [0.2, 0.25) is 0 Å². The zero-order valence-electron chi connectivity index (χ0n) is 25.3. The zero-order valence-corrected chi connectivity index (χ0v) is 26.2. The summed E-state index contributed by atoms with van der Waals surface area (Å²) in [7, 11) is -4.60. The minimum atomic E-state index is -4.60. The van der Waals surface area contributed by atoms with Crippen LogP contribution in [0.15, 0.2) is 48.8 Å². The monoisotopic (exact) mass is 635 g/mol. The van der Waals surface area contributed by atoms with E-state index in [2.05, 4.69) is 15.2 Å². The number of hydrogen-bond acceptors (Lipinski definition) is 11. The van der Waals surface area contributed by atoms with Gasteiger partial charge < -0.3 is 29.2 Å². The molecule has 0 aliphatic carbocycles. The Hall–Kier alpha value is -3.13. The quantitative estimate of drug-likeness (QED) is 0.197. The average Bonchev–Trinajstić information content (AvgIpc) is 3.64. The topological polar surface area (TPSA) is 158 Å². The van der Waals surface area contributed by atoms with Gasteiger partial charge in [-0.3, -0.25) is 4.79 Å². The first-order valence-corrected chi connectivity index (χ1v) is 16.1. The summed E-state index contributed by atoms with van der Waals surface area (Å²) in [6.07, 6.45) is -0.173. The van der Waals surface area contributed by atoms with Crippen LogP contribution in [-0.4, -0.2) is 63.7 Å². The number of alkyl halides is 1. The maximum absolute atomic E-state index is 15.4. The molecule has 15 heteroatoms. The van der Waals surface area contributed by atoms with Crippen molar-refractivity contribution in [3.8, 4) is 5.75 Å². The molecule has 6 atom stereocenters. The molecule has 5 rings (SSSR count). The number of carbonyl (C=O) groups excluding carboxylic acids is 1. The fourth-order valence-corrected chi connectivity index (χ4v) is 7.08. The molecule has 44 heavy (non-hydrogen) atoms. The predicted octanol–water partition coefficient (Wildman–Crippen LogP) is 4.73. The van der Waals surface area contributed by atoms with E-state index >= 15 is 4.39 Å². The summed E-state index contributed by atoms with van der Waals surface area (Å²) in [5.41, 5.74) is 6.98. The number of nitrogens with zero attached hydrogens (tertiary/aromatic N) is 3. The lowest BCUT2D eigenvalue weighted by molar-refractivity contribution is -0.270. The second-order valence-electron chi connectivity index (χ2n) is 11.4. The van der Waals surface area contributed by atoms with Crippen molar-refractivity contribution in [1.29, 1.82) is 0 Å². The number of nitrogens with one attached hydrogen (secondary N) is 1. The lowest BCUT2D eigenvalue weighted by Crippen LogP contribution is -2.49. The van der Waals surface area contributed by atoms with Crippen LogP contribution in [0.3, 0.4) is 0 Å². The van der Waals surface area contributed by atoms with Crippen molar-refractivity contribution >= 4 is 25.1 Å². The summed E-state index contributed by atoms with van der Waals surface area (Å²) in [6.45, 7) is 7.69. The summed E-state index contributed by atoms with van der Waals surface area (Å²) in [4.78, 5) is 16.9. The molecule has 240 valence electrons. The maximum Gasteiger partial charge on any atom is 0.462 e. The fourth-order valence-electron chi connectivity index (χ4n) is 5.36. The number of benzene rings is 1. The molecule has 4 heterocycles. The van der Waals surface area contributed by atoms with Gasteiger partial charge in [0.2, 0.25) is 5.79 Å². The third-order valence-electron chi connectivity index (χ3n) is 7.74. The van der Waals surface area contributed by atoms with E-state index in [1.165, 1.54) is 17.8 Å². The normalized spacial score (nSPS) is 26.4. The van der Waals surface area contributed by atoms with E-state index < -0.39 is 56.3 Å². The molecule has 0 radical (unpaired) electrons. The van der Waals surface area contributed by atoms with Gasteiger partial charge in [0, 0.05) is 0 Å². The van der Waals surface area contributed by atoms with Crippen LogP contribution in [0.4, 0.5) is 10.2 Å². The van der Waals surface area contributed by atoms with Crippen molar-refractivity contribution in [2.24, 2.45) is 5.92 Å². The van der Waals surface area contributed by atoms with Crippen LogP contribution in [0, 0.1) is 5.92 Å². The highest BCUT2D eigenvalue weighted by Crippen LogP contribution is 2.57. The van der Waals surface area contributed by atoms with E-state index in [1.54, 1.807) is 56.3 Å². The molecular weight excluding hydrogens is 596 g/mol. The van der Waals surface area contributed by atoms with E-state index in [0.29, 0.717) is 11.2 Å². The lowest BCUT2D eigenvalue weighted by atomic mass is 10.0. The average molecular weight is 636 g/mol. The number of hydrogen-bond donors (Lipinski definition) is 2. The Morgan fingerprint density at radius 1 is 1.16 bits per heavy atom. The van der Waals surface area contributed by atoms with E-state index in [9.17, 15) is 9.36 Å². The van der Waals surface area contributed by atoms with Crippen LogP contribution in [0.25, 0.3) is 5.52 Å². The minimum Gasteiger partial charge on any atom is -0.464 e. The standard InChI is InChI=1S/C29H39FN5O8P/c1-6-19(7-2)15-38-27(36)18(3)34-44(37,42-20-11-9-8-10-12-20)43-29(16-30)25-24(39-28(4,5)41-25)23(40-29)21-13-14-22-26(31)32-17-33-35(21)22/h8-14,17-19,23-25H,6-7,15-16H2,1-5H3,(H,34,37)(H2,31,32,33)/t18-,23-,24-,25-,29+,44?/m0/s1. The lowest BCUT2D eigenvalue weighted by Gasteiger charge is -2.35. The first kappa shape index (κ1) is 32.3. The number of aromatic nitrogens is 3. The molecule has 2 aromatic heterocycles. The van der Waals surface area contributed by atoms with Crippen LogP contribution >= 0.6 is 7.75 Å².